The number of thioether (sulfide) groups is 1. The van der Waals surface area contributed by atoms with Crippen molar-refractivity contribution in [2.24, 2.45) is 5.41 Å². The Balaban J connectivity index is 1.71. The van der Waals surface area contributed by atoms with Crippen molar-refractivity contribution in [3.05, 3.63) is 70.6 Å². The molecule has 0 spiro atoms. The lowest BCUT2D eigenvalue weighted by atomic mass is 9.92. The molecule has 0 aliphatic carbocycles. The molecule has 0 saturated heterocycles. The molecule has 0 saturated carbocycles. The molecule has 1 heterocycles. The zero-order chi connectivity index (χ0) is 28.6. The molecule has 0 atom stereocenters. The average Bonchev–Trinajstić information content (AvgIpc) is 3.18. The van der Waals surface area contributed by atoms with Crippen molar-refractivity contribution in [3.63, 3.8) is 0 Å². The first kappa shape index (κ1) is 29.9. The molecule has 0 radical (unpaired) electrons. The van der Waals surface area contributed by atoms with Gasteiger partial charge in [0.15, 0.2) is 0 Å². The quantitative estimate of drug-likeness (QED) is 0.188. The number of thiophene rings is 1. The summed E-state index contributed by atoms with van der Waals surface area (Å²) in [7, 11) is 0. The maximum absolute atomic E-state index is 13.0. The fourth-order valence-corrected chi connectivity index (χ4v) is 5.50. The molecule has 0 aliphatic heterocycles. The average molecular weight is 568 g/mol. The molecule has 0 unspecified atom stereocenters. The molecule has 0 aliphatic rings. The third-order valence-electron chi connectivity index (χ3n) is 5.30. The fraction of sp³-hybridized carbons (Fsp3) is 0.310. The summed E-state index contributed by atoms with van der Waals surface area (Å²) in [4.78, 5) is 51.9. The summed E-state index contributed by atoms with van der Waals surface area (Å²) in [6.45, 7) is 9.50. The van der Waals surface area contributed by atoms with E-state index in [0.29, 0.717) is 28.2 Å². The highest BCUT2D eigenvalue weighted by molar-refractivity contribution is 8.00. The van der Waals surface area contributed by atoms with Gasteiger partial charge in [-0.25, -0.2) is 4.79 Å². The molecule has 2 aromatic carbocycles. The van der Waals surface area contributed by atoms with Gasteiger partial charge in [0.05, 0.1) is 22.8 Å². The number of esters is 1. The second-order valence-corrected chi connectivity index (χ2v) is 12.0. The van der Waals surface area contributed by atoms with Crippen molar-refractivity contribution in [2.75, 3.05) is 28.3 Å². The Morgan fingerprint density at radius 3 is 2.26 bits per heavy atom. The molecular formula is C29H33N3O5S2. The zero-order valence-corrected chi connectivity index (χ0v) is 24.3. The summed E-state index contributed by atoms with van der Waals surface area (Å²) in [5.41, 5.74) is 1.75. The van der Waals surface area contributed by atoms with E-state index >= 15 is 0 Å². The highest BCUT2D eigenvalue weighted by Crippen LogP contribution is 2.35. The minimum absolute atomic E-state index is 0.0597. The summed E-state index contributed by atoms with van der Waals surface area (Å²) in [5, 5.41) is 8.75. The Kier molecular flexibility index (Phi) is 10.3. The molecule has 0 bridgehead atoms. The van der Waals surface area contributed by atoms with Crippen LogP contribution in [0.2, 0.25) is 0 Å². The number of rotatable bonds is 10. The van der Waals surface area contributed by atoms with Crippen molar-refractivity contribution < 1.29 is 23.9 Å². The topological polar surface area (TPSA) is 114 Å². The Morgan fingerprint density at radius 2 is 1.59 bits per heavy atom. The normalized spacial score (nSPS) is 11.0. The molecule has 3 amide bonds. The van der Waals surface area contributed by atoms with E-state index < -0.39 is 5.97 Å². The van der Waals surface area contributed by atoms with Gasteiger partial charge in [-0.05, 0) is 55.2 Å². The Hall–Kier alpha value is -3.63. The second-order valence-electron chi connectivity index (χ2n) is 9.95. The van der Waals surface area contributed by atoms with E-state index in [1.54, 1.807) is 44.2 Å². The molecule has 10 heteroatoms. The number of nitrogens with one attached hydrogen (secondary N) is 3. The van der Waals surface area contributed by atoms with Crippen molar-refractivity contribution in [1.82, 2.24) is 0 Å². The minimum atomic E-state index is -0.605. The van der Waals surface area contributed by atoms with E-state index in [9.17, 15) is 19.2 Å². The van der Waals surface area contributed by atoms with Gasteiger partial charge in [-0.1, -0.05) is 45.0 Å². The van der Waals surface area contributed by atoms with Gasteiger partial charge in [-0.3, -0.25) is 14.4 Å². The summed E-state index contributed by atoms with van der Waals surface area (Å²) >= 11 is 2.32. The third-order valence-corrected chi connectivity index (χ3v) is 7.50. The first-order chi connectivity index (χ1) is 18.5. The van der Waals surface area contributed by atoms with E-state index in [1.165, 1.54) is 11.8 Å². The number of ether oxygens (including phenoxy) is 1. The number of hydrogen-bond acceptors (Lipinski definition) is 7. The number of hydrogen-bond donors (Lipinski definition) is 3. The summed E-state index contributed by atoms with van der Waals surface area (Å²) < 4.78 is 5.19. The first-order valence-electron chi connectivity index (χ1n) is 12.5. The van der Waals surface area contributed by atoms with Crippen LogP contribution < -0.4 is 16.0 Å². The zero-order valence-electron chi connectivity index (χ0n) is 22.7. The highest BCUT2D eigenvalue weighted by Gasteiger charge is 2.27. The Morgan fingerprint density at radius 1 is 0.897 bits per heavy atom. The van der Waals surface area contributed by atoms with Crippen molar-refractivity contribution >= 4 is 63.2 Å². The van der Waals surface area contributed by atoms with Gasteiger partial charge >= 0.3 is 5.97 Å². The predicted molar refractivity (Wildman–Crippen MR) is 158 cm³/mol. The molecule has 39 heavy (non-hydrogen) atoms. The predicted octanol–water partition coefficient (Wildman–Crippen LogP) is 6.59. The monoisotopic (exact) mass is 567 g/mol. The van der Waals surface area contributed by atoms with Crippen LogP contribution >= 0.6 is 23.1 Å². The van der Waals surface area contributed by atoms with Gasteiger partial charge in [-0.2, -0.15) is 0 Å². The molecule has 3 aromatic rings. The van der Waals surface area contributed by atoms with Crippen LogP contribution in [0.25, 0.3) is 0 Å². The number of carbonyl (C=O) groups is 4. The van der Waals surface area contributed by atoms with E-state index in [2.05, 4.69) is 16.0 Å². The van der Waals surface area contributed by atoms with Gasteiger partial charge in [0, 0.05) is 22.7 Å². The number of anilines is 3. The van der Waals surface area contributed by atoms with Crippen molar-refractivity contribution in [2.45, 2.75) is 45.9 Å². The largest absolute Gasteiger partial charge is 0.462 e. The number of amides is 3. The van der Waals surface area contributed by atoms with E-state index in [1.807, 2.05) is 45.0 Å². The summed E-state index contributed by atoms with van der Waals surface area (Å²) in [6, 6.07) is 16.2. The van der Waals surface area contributed by atoms with Crippen molar-refractivity contribution in [3.8, 4) is 0 Å². The number of carbonyl (C=O) groups excluding carboxylic acids is 4. The molecule has 3 rings (SSSR count). The van der Waals surface area contributed by atoms with E-state index in [-0.39, 0.29) is 46.1 Å². The van der Waals surface area contributed by atoms with E-state index in [0.717, 1.165) is 16.2 Å². The second kappa shape index (κ2) is 13.4. The third kappa shape index (κ3) is 8.97. The Bertz CT molecular complexity index is 1350. The molecule has 1 aromatic heterocycles. The molecule has 8 nitrogen and oxygen atoms in total. The number of para-hydroxylation sites is 1. The van der Waals surface area contributed by atoms with Crippen LogP contribution in [-0.2, 0) is 14.3 Å². The van der Waals surface area contributed by atoms with Gasteiger partial charge < -0.3 is 20.7 Å². The van der Waals surface area contributed by atoms with Crippen LogP contribution in [0.5, 0.6) is 0 Å². The standard InChI is InChI=1S/C29H33N3O5S2/c1-6-37-28(36)24-18(2)25(26(35)31-19-11-8-7-9-12-19)39-27(24)32-23(34)17-38-21-14-10-13-20(15-21)30-22(33)16-29(3,4)5/h7-15H,6,16-17H2,1-5H3,(H,30,33)(H,31,35)(H,32,34). The van der Waals surface area contributed by atoms with Crippen molar-refractivity contribution in [1.29, 1.82) is 0 Å². The minimum Gasteiger partial charge on any atom is -0.462 e. The van der Waals surface area contributed by atoms with Crippen LogP contribution in [0.3, 0.4) is 0 Å². The number of benzene rings is 2. The maximum atomic E-state index is 13.0. The van der Waals surface area contributed by atoms with Gasteiger partial charge in [0.25, 0.3) is 5.91 Å². The lowest BCUT2D eigenvalue weighted by Crippen LogP contribution is -2.19. The molecule has 3 N–H and O–H groups in total. The van der Waals surface area contributed by atoms with Crippen LogP contribution in [0.1, 0.15) is 59.7 Å². The molecule has 0 fully saturated rings. The Labute approximate surface area is 236 Å². The van der Waals surface area contributed by atoms with Crippen LogP contribution in [0.15, 0.2) is 59.5 Å². The van der Waals surface area contributed by atoms with E-state index in [4.69, 9.17) is 4.74 Å². The summed E-state index contributed by atoms with van der Waals surface area (Å²) in [5.74, 6) is -1.34. The lowest BCUT2D eigenvalue weighted by molar-refractivity contribution is -0.118. The highest BCUT2D eigenvalue weighted by atomic mass is 32.2. The first-order valence-corrected chi connectivity index (χ1v) is 14.3. The summed E-state index contributed by atoms with van der Waals surface area (Å²) in [6.07, 6.45) is 0.390. The van der Waals surface area contributed by atoms with Crippen LogP contribution in [0.4, 0.5) is 16.4 Å². The molecular weight excluding hydrogens is 534 g/mol. The van der Waals surface area contributed by atoms with Crippen LogP contribution in [-0.4, -0.2) is 36.1 Å². The maximum Gasteiger partial charge on any atom is 0.341 e. The SMILES string of the molecule is CCOC(=O)c1c(NC(=O)CSc2cccc(NC(=O)CC(C)(C)C)c2)sc(C(=O)Nc2ccccc2)c1C. The smallest absolute Gasteiger partial charge is 0.341 e. The van der Waals surface area contributed by atoms with Crippen LogP contribution in [0, 0.1) is 12.3 Å². The van der Waals surface area contributed by atoms with Gasteiger partial charge in [0.2, 0.25) is 11.8 Å². The fourth-order valence-electron chi connectivity index (χ4n) is 3.64. The lowest BCUT2D eigenvalue weighted by Gasteiger charge is -2.17. The van der Waals surface area contributed by atoms with Gasteiger partial charge in [-0.15, -0.1) is 23.1 Å². The van der Waals surface area contributed by atoms with Gasteiger partial charge in [0.1, 0.15) is 5.00 Å². The molecule has 206 valence electrons.